The van der Waals surface area contributed by atoms with E-state index in [1.54, 1.807) is 0 Å². The molecule has 0 bridgehead atoms. The molecule has 2 aromatic carbocycles. The van der Waals surface area contributed by atoms with E-state index in [0.717, 1.165) is 16.3 Å². The Hall–Kier alpha value is -2.62. The van der Waals surface area contributed by atoms with E-state index in [1.165, 1.54) is 6.07 Å². The van der Waals surface area contributed by atoms with Crippen LogP contribution in [0.25, 0.3) is 22.0 Å². The third-order valence-electron chi connectivity index (χ3n) is 2.81. The molecule has 4 heteroatoms. The van der Waals surface area contributed by atoms with Crippen molar-refractivity contribution < 1.29 is 0 Å². The number of nitrogen functional groups attached to an aromatic ring is 1. The van der Waals surface area contributed by atoms with Gasteiger partial charge in [-0.25, -0.2) is 4.98 Å². The van der Waals surface area contributed by atoms with E-state index in [0.29, 0.717) is 5.69 Å². The van der Waals surface area contributed by atoms with Crippen molar-refractivity contribution in [3.8, 4) is 11.3 Å². The molecule has 3 N–H and O–H groups in total. The first-order valence-corrected chi connectivity index (χ1v) is 5.58. The quantitative estimate of drug-likeness (QED) is 0.681. The van der Waals surface area contributed by atoms with Crippen LogP contribution in [0.1, 0.15) is 0 Å². The summed E-state index contributed by atoms with van der Waals surface area (Å²) in [5.74, 6) is 0.130. The van der Waals surface area contributed by atoms with Crippen LogP contribution in [-0.2, 0) is 0 Å². The maximum absolute atomic E-state index is 11.4. The number of rotatable bonds is 1. The molecular weight excluding hydrogens is 226 g/mol. The number of aromatic amines is 1. The van der Waals surface area contributed by atoms with Crippen molar-refractivity contribution in [3.05, 3.63) is 58.9 Å². The van der Waals surface area contributed by atoms with Crippen LogP contribution in [-0.4, -0.2) is 9.97 Å². The summed E-state index contributed by atoms with van der Waals surface area (Å²) < 4.78 is 0. The predicted molar refractivity (Wildman–Crippen MR) is 72.2 cm³/mol. The summed E-state index contributed by atoms with van der Waals surface area (Å²) in [4.78, 5) is 17.9. The van der Waals surface area contributed by atoms with Crippen molar-refractivity contribution in [3.63, 3.8) is 0 Å². The summed E-state index contributed by atoms with van der Waals surface area (Å²) in [5, 5.41) is 2.26. The summed E-state index contributed by atoms with van der Waals surface area (Å²) in [7, 11) is 0. The highest BCUT2D eigenvalue weighted by atomic mass is 16.1. The van der Waals surface area contributed by atoms with Crippen molar-refractivity contribution in [2.75, 3.05) is 5.73 Å². The molecule has 0 saturated heterocycles. The van der Waals surface area contributed by atoms with Gasteiger partial charge in [-0.1, -0.05) is 36.4 Å². The van der Waals surface area contributed by atoms with Crippen LogP contribution in [0.5, 0.6) is 0 Å². The molecule has 18 heavy (non-hydrogen) atoms. The van der Waals surface area contributed by atoms with E-state index in [1.807, 2.05) is 42.5 Å². The third kappa shape index (κ3) is 1.84. The zero-order valence-electron chi connectivity index (χ0n) is 9.55. The molecule has 1 aromatic heterocycles. The van der Waals surface area contributed by atoms with E-state index in [9.17, 15) is 4.79 Å². The second-order valence-corrected chi connectivity index (χ2v) is 4.08. The number of fused-ring (bicyclic) bond motifs is 1. The van der Waals surface area contributed by atoms with Crippen molar-refractivity contribution in [2.24, 2.45) is 0 Å². The molecule has 3 rings (SSSR count). The first-order valence-electron chi connectivity index (χ1n) is 5.58. The molecule has 88 valence electrons. The first-order chi connectivity index (χ1) is 8.72. The third-order valence-corrected chi connectivity index (χ3v) is 2.81. The summed E-state index contributed by atoms with van der Waals surface area (Å²) in [5.41, 5.74) is 6.76. The number of nitrogens with two attached hydrogens (primary N) is 1. The number of aromatic nitrogens is 2. The minimum atomic E-state index is -0.245. The summed E-state index contributed by atoms with van der Waals surface area (Å²) >= 11 is 0. The normalized spacial score (nSPS) is 10.7. The number of benzene rings is 2. The fraction of sp³-hybridized carbons (Fsp3) is 0. The molecule has 0 aliphatic heterocycles. The lowest BCUT2D eigenvalue weighted by atomic mass is 10.1. The lowest BCUT2D eigenvalue weighted by Gasteiger charge is -2.03. The molecule has 0 radical (unpaired) electrons. The van der Waals surface area contributed by atoms with Crippen molar-refractivity contribution in [2.45, 2.75) is 0 Å². The Balaban J connectivity index is 2.22. The lowest BCUT2D eigenvalue weighted by Crippen LogP contribution is -2.10. The zero-order valence-corrected chi connectivity index (χ0v) is 9.55. The van der Waals surface area contributed by atoms with Crippen LogP contribution in [0.4, 0.5) is 5.95 Å². The average molecular weight is 237 g/mol. The largest absolute Gasteiger partial charge is 0.369 e. The van der Waals surface area contributed by atoms with Gasteiger partial charge in [-0.3, -0.25) is 9.78 Å². The zero-order chi connectivity index (χ0) is 12.5. The standard InChI is InChI=1S/C14H11N3O/c15-14-16-12(8-13(18)17-14)11-6-5-9-3-1-2-4-10(9)7-11/h1-8H,(H3,15,16,17,18). The van der Waals surface area contributed by atoms with Crippen LogP contribution in [0.3, 0.4) is 0 Å². The van der Waals surface area contributed by atoms with Gasteiger partial charge in [0.2, 0.25) is 5.95 Å². The number of nitrogens with zero attached hydrogens (tertiary/aromatic N) is 1. The second-order valence-electron chi connectivity index (χ2n) is 4.08. The van der Waals surface area contributed by atoms with Crippen LogP contribution >= 0.6 is 0 Å². The van der Waals surface area contributed by atoms with Gasteiger partial charge in [0.05, 0.1) is 5.69 Å². The molecule has 0 unspecified atom stereocenters. The van der Waals surface area contributed by atoms with Crippen molar-refractivity contribution in [1.82, 2.24) is 9.97 Å². The predicted octanol–water partition coefficient (Wildman–Crippen LogP) is 2.17. The molecule has 1 heterocycles. The van der Waals surface area contributed by atoms with Gasteiger partial charge in [0, 0.05) is 11.6 Å². The molecule has 0 amide bonds. The smallest absolute Gasteiger partial charge is 0.252 e. The fourth-order valence-electron chi connectivity index (χ4n) is 1.97. The molecule has 0 saturated carbocycles. The van der Waals surface area contributed by atoms with E-state index >= 15 is 0 Å². The van der Waals surface area contributed by atoms with Gasteiger partial charge in [-0.15, -0.1) is 0 Å². The first kappa shape index (κ1) is 10.5. The number of hydrogen-bond donors (Lipinski definition) is 2. The van der Waals surface area contributed by atoms with Crippen LogP contribution in [0, 0.1) is 0 Å². The van der Waals surface area contributed by atoms with Crippen LogP contribution in [0.15, 0.2) is 53.3 Å². The Morgan fingerprint density at radius 2 is 1.78 bits per heavy atom. The number of hydrogen-bond acceptors (Lipinski definition) is 3. The monoisotopic (exact) mass is 237 g/mol. The molecule has 0 spiro atoms. The van der Waals surface area contributed by atoms with E-state index < -0.39 is 0 Å². The highest BCUT2D eigenvalue weighted by Gasteiger charge is 2.03. The average Bonchev–Trinajstić information content (AvgIpc) is 2.37. The van der Waals surface area contributed by atoms with E-state index in [4.69, 9.17) is 5.73 Å². The van der Waals surface area contributed by atoms with Gasteiger partial charge < -0.3 is 5.73 Å². The van der Waals surface area contributed by atoms with Crippen LogP contribution < -0.4 is 11.3 Å². The highest BCUT2D eigenvalue weighted by molar-refractivity contribution is 5.86. The SMILES string of the molecule is Nc1nc(-c2ccc3ccccc3c2)cc(=O)[nH]1. The maximum Gasteiger partial charge on any atom is 0.252 e. The van der Waals surface area contributed by atoms with Crippen molar-refractivity contribution >= 4 is 16.7 Å². The molecule has 0 aliphatic rings. The molecule has 4 nitrogen and oxygen atoms in total. The minimum Gasteiger partial charge on any atom is -0.369 e. The van der Waals surface area contributed by atoms with Gasteiger partial charge in [0.1, 0.15) is 0 Å². The molecule has 0 fully saturated rings. The minimum absolute atomic E-state index is 0.130. The molecule has 3 aromatic rings. The fourth-order valence-corrected chi connectivity index (χ4v) is 1.97. The van der Waals surface area contributed by atoms with Crippen molar-refractivity contribution in [1.29, 1.82) is 0 Å². The summed E-state index contributed by atoms with van der Waals surface area (Å²) in [6, 6.07) is 15.4. The van der Waals surface area contributed by atoms with Gasteiger partial charge >= 0.3 is 0 Å². The Morgan fingerprint density at radius 1 is 1.00 bits per heavy atom. The molecule has 0 aliphatic carbocycles. The Morgan fingerprint density at radius 3 is 2.56 bits per heavy atom. The molecular formula is C14H11N3O. The lowest BCUT2D eigenvalue weighted by molar-refractivity contribution is 1.14. The Labute approximate surface area is 103 Å². The van der Waals surface area contributed by atoms with E-state index in [-0.39, 0.29) is 11.5 Å². The number of H-pyrrole nitrogens is 1. The van der Waals surface area contributed by atoms with Gasteiger partial charge in [0.25, 0.3) is 5.56 Å². The summed E-state index contributed by atoms with van der Waals surface area (Å²) in [6.45, 7) is 0. The Kier molecular flexibility index (Phi) is 2.34. The van der Waals surface area contributed by atoms with Gasteiger partial charge in [0.15, 0.2) is 0 Å². The summed E-state index contributed by atoms with van der Waals surface area (Å²) in [6.07, 6.45) is 0. The number of nitrogens with one attached hydrogen (secondary N) is 1. The second kappa shape index (κ2) is 4.00. The van der Waals surface area contributed by atoms with Gasteiger partial charge in [-0.05, 0) is 16.8 Å². The van der Waals surface area contributed by atoms with E-state index in [2.05, 4.69) is 9.97 Å². The van der Waals surface area contributed by atoms with Gasteiger partial charge in [-0.2, -0.15) is 0 Å². The van der Waals surface area contributed by atoms with Crippen LogP contribution in [0.2, 0.25) is 0 Å². The highest BCUT2D eigenvalue weighted by Crippen LogP contribution is 2.22. The molecule has 0 atom stereocenters. The maximum atomic E-state index is 11.4. The number of anilines is 1. The Bertz CT molecular complexity index is 777. The topological polar surface area (TPSA) is 71.8 Å².